The van der Waals surface area contributed by atoms with Crippen molar-refractivity contribution in [2.45, 2.75) is 32.9 Å². The first-order valence-electron chi connectivity index (χ1n) is 9.33. The maximum absolute atomic E-state index is 12.4. The summed E-state index contributed by atoms with van der Waals surface area (Å²) in [6.45, 7) is 3.83. The molecule has 7 heteroatoms. The average molecular weight is 399 g/mol. The monoisotopic (exact) mass is 399 g/mol. The Morgan fingerprint density at radius 3 is 2.17 bits per heavy atom. The van der Waals surface area contributed by atoms with Gasteiger partial charge in [0.1, 0.15) is 12.6 Å². The molecule has 0 aliphatic heterocycles. The van der Waals surface area contributed by atoms with Crippen LogP contribution in [0.4, 0.5) is 4.79 Å². The molecule has 0 saturated heterocycles. The van der Waals surface area contributed by atoms with E-state index in [4.69, 9.17) is 14.6 Å². The number of hydrogen-bond acceptors (Lipinski definition) is 5. The summed E-state index contributed by atoms with van der Waals surface area (Å²) in [5.41, 5.74) is 1.89. The highest BCUT2D eigenvalue weighted by molar-refractivity contribution is 5.87. The highest BCUT2D eigenvalue weighted by Crippen LogP contribution is 2.08. The van der Waals surface area contributed by atoms with E-state index in [1.165, 1.54) is 12.1 Å². The molecule has 2 N–H and O–H groups in total. The molecule has 0 aliphatic carbocycles. The van der Waals surface area contributed by atoms with E-state index in [0.29, 0.717) is 6.42 Å². The van der Waals surface area contributed by atoms with Crippen LogP contribution in [0.15, 0.2) is 54.6 Å². The van der Waals surface area contributed by atoms with Crippen molar-refractivity contribution in [3.63, 3.8) is 0 Å². The largest absolute Gasteiger partial charge is 0.478 e. The molecule has 0 heterocycles. The second kappa shape index (κ2) is 10.8. The predicted octanol–water partition coefficient (Wildman–Crippen LogP) is 3.42. The molecule has 1 atom stereocenters. The quantitative estimate of drug-likeness (QED) is 0.627. The first kappa shape index (κ1) is 21.9. The summed E-state index contributed by atoms with van der Waals surface area (Å²) in [5, 5.41) is 11.5. The van der Waals surface area contributed by atoms with Crippen LogP contribution in [0.5, 0.6) is 0 Å². The third kappa shape index (κ3) is 7.29. The summed E-state index contributed by atoms with van der Waals surface area (Å²) < 4.78 is 10.4. The zero-order valence-electron chi connectivity index (χ0n) is 16.5. The molecule has 0 saturated carbocycles. The van der Waals surface area contributed by atoms with Crippen LogP contribution in [0.1, 0.15) is 35.3 Å². The summed E-state index contributed by atoms with van der Waals surface area (Å²) in [7, 11) is 0. The first-order valence-corrected chi connectivity index (χ1v) is 9.33. The van der Waals surface area contributed by atoms with E-state index in [1.54, 1.807) is 26.0 Å². The summed E-state index contributed by atoms with van der Waals surface area (Å²) in [6, 6.07) is 14.8. The molecule has 7 nitrogen and oxygen atoms in total. The number of esters is 1. The van der Waals surface area contributed by atoms with Crippen LogP contribution in [-0.4, -0.2) is 35.8 Å². The number of carbonyl (C=O) groups excluding carboxylic acids is 2. The Labute approximate surface area is 169 Å². The molecule has 0 fully saturated rings. The molecule has 29 heavy (non-hydrogen) atoms. The Morgan fingerprint density at radius 2 is 1.59 bits per heavy atom. The van der Waals surface area contributed by atoms with E-state index >= 15 is 0 Å². The number of nitrogens with one attached hydrogen (secondary N) is 1. The van der Waals surface area contributed by atoms with E-state index in [2.05, 4.69) is 5.32 Å². The lowest BCUT2D eigenvalue weighted by Crippen LogP contribution is -2.45. The number of carboxylic acid groups (broad SMARTS) is 1. The highest BCUT2D eigenvalue weighted by atomic mass is 16.6. The van der Waals surface area contributed by atoms with E-state index < -0.39 is 24.1 Å². The van der Waals surface area contributed by atoms with Crippen LogP contribution in [-0.2, 0) is 27.3 Å². The van der Waals surface area contributed by atoms with Crippen molar-refractivity contribution in [1.82, 2.24) is 5.32 Å². The van der Waals surface area contributed by atoms with Crippen LogP contribution in [0.3, 0.4) is 0 Å². The van der Waals surface area contributed by atoms with Crippen LogP contribution in [0.25, 0.3) is 0 Å². The van der Waals surface area contributed by atoms with Crippen molar-refractivity contribution in [3.05, 3.63) is 71.3 Å². The standard InChI is InChI=1S/C22H25NO6/c1-15(2)19(23-22(27)29-14-17-6-4-3-5-7-17)21(26)28-13-12-16-8-10-18(11-9-16)20(24)25/h3-11,15,19H,12-14H2,1-2H3,(H,23,27)(H,24,25)/t19-/m0/s1. The second-order valence-corrected chi connectivity index (χ2v) is 6.85. The minimum atomic E-state index is -0.993. The van der Waals surface area contributed by atoms with Gasteiger partial charge < -0.3 is 19.9 Å². The maximum Gasteiger partial charge on any atom is 0.408 e. The van der Waals surface area contributed by atoms with Gasteiger partial charge in [-0.05, 0) is 29.2 Å². The predicted molar refractivity (Wildman–Crippen MR) is 106 cm³/mol. The molecule has 154 valence electrons. The van der Waals surface area contributed by atoms with Gasteiger partial charge in [0.15, 0.2) is 0 Å². The van der Waals surface area contributed by atoms with Crippen molar-refractivity contribution < 1.29 is 29.0 Å². The summed E-state index contributed by atoms with van der Waals surface area (Å²) in [5.74, 6) is -1.71. The first-order chi connectivity index (χ1) is 13.9. The number of benzene rings is 2. The summed E-state index contributed by atoms with van der Waals surface area (Å²) in [6.07, 6.45) is -0.247. The van der Waals surface area contributed by atoms with Crippen LogP contribution < -0.4 is 5.32 Å². The SMILES string of the molecule is CC(C)[C@H](NC(=O)OCc1ccccc1)C(=O)OCCc1ccc(C(=O)O)cc1. The van der Waals surface area contributed by atoms with Gasteiger partial charge in [0.05, 0.1) is 12.2 Å². The van der Waals surface area contributed by atoms with Crippen molar-refractivity contribution in [1.29, 1.82) is 0 Å². The molecule has 0 aromatic heterocycles. The normalized spacial score (nSPS) is 11.6. The molecule has 0 unspecified atom stereocenters. The Balaban J connectivity index is 1.80. The van der Waals surface area contributed by atoms with Crippen molar-refractivity contribution in [3.8, 4) is 0 Å². The Bertz CT molecular complexity index is 817. The third-order valence-electron chi connectivity index (χ3n) is 4.24. The van der Waals surface area contributed by atoms with Gasteiger partial charge in [0.2, 0.25) is 0 Å². The van der Waals surface area contributed by atoms with Crippen LogP contribution in [0.2, 0.25) is 0 Å². The Hall–Kier alpha value is -3.35. The number of aromatic carboxylic acids is 1. The second-order valence-electron chi connectivity index (χ2n) is 6.85. The average Bonchev–Trinajstić information content (AvgIpc) is 2.71. The lowest BCUT2D eigenvalue weighted by atomic mass is 10.1. The molecule has 0 aliphatic rings. The maximum atomic E-state index is 12.4. The number of rotatable bonds is 9. The smallest absolute Gasteiger partial charge is 0.408 e. The molecule has 0 spiro atoms. The van der Waals surface area contributed by atoms with E-state index in [-0.39, 0.29) is 24.7 Å². The topological polar surface area (TPSA) is 102 Å². The zero-order chi connectivity index (χ0) is 21.2. The van der Waals surface area contributed by atoms with Gasteiger partial charge >= 0.3 is 18.0 Å². The number of carbonyl (C=O) groups is 3. The molecular formula is C22H25NO6. The van der Waals surface area contributed by atoms with E-state index in [1.807, 2.05) is 30.3 Å². The third-order valence-corrected chi connectivity index (χ3v) is 4.24. The number of amides is 1. The Kier molecular flexibility index (Phi) is 8.21. The van der Waals surface area contributed by atoms with Gasteiger partial charge in [-0.3, -0.25) is 0 Å². The van der Waals surface area contributed by atoms with Crippen LogP contribution >= 0.6 is 0 Å². The number of alkyl carbamates (subject to hydrolysis) is 1. The lowest BCUT2D eigenvalue weighted by molar-refractivity contribution is -0.147. The molecule has 2 aromatic carbocycles. The minimum absolute atomic E-state index is 0.110. The molecule has 0 bridgehead atoms. The Morgan fingerprint density at radius 1 is 0.931 bits per heavy atom. The van der Waals surface area contributed by atoms with Crippen molar-refractivity contribution in [2.75, 3.05) is 6.61 Å². The van der Waals surface area contributed by atoms with Crippen molar-refractivity contribution >= 4 is 18.0 Å². The van der Waals surface area contributed by atoms with Gasteiger partial charge in [-0.15, -0.1) is 0 Å². The van der Waals surface area contributed by atoms with Crippen molar-refractivity contribution in [2.24, 2.45) is 5.92 Å². The fourth-order valence-electron chi connectivity index (χ4n) is 2.56. The lowest BCUT2D eigenvalue weighted by Gasteiger charge is -2.20. The van der Waals surface area contributed by atoms with Gasteiger partial charge in [0, 0.05) is 6.42 Å². The molecule has 2 aromatic rings. The summed E-state index contributed by atoms with van der Waals surface area (Å²) >= 11 is 0. The van der Waals surface area contributed by atoms with Gasteiger partial charge in [-0.2, -0.15) is 0 Å². The number of ether oxygens (including phenoxy) is 2. The zero-order valence-corrected chi connectivity index (χ0v) is 16.5. The fraction of sp³-hybridized carbons (Fsp3) is 0.318. The molecule has 0 radical (unpaired) electrons. The molecule has 2 rings (SSSR count). The van der Waals surface area contributed by atoms with Gasteiger partial charge in [0.25, 0.3) is 0 Å². The highest BCUT2D eigenvalue weighted by Gasteiger charge is 2.26. The molecular weight excluding hydrogens is 374 g/mol. The van der Waals surface area contributed by atoms with Crippen LogP contribution in [0, 0.1) is 5.92 Å². The number of carboxylic acids is 1. The van der Waals surface area contributed by atoms with Gasteiger partial charge in [-0.25, -0.2) is 14.4 Å². The van der Waals surface area contributed by atoms with E-state index in [9.17, 15) is 14.4 Å². The molecule has 1 amide bonds. The van der Waals surface area contributed by atoms with E-state index in [0.717, 1.165) is 11.1 Å². The number of hydrogen-bond donors (Lipinski definition) is 2. The van der Waals surface area contributed by atoms with Gasteiger partial charge in [-0.1, -0.05) is 56.3 Å². The minimum Gasteiger partial charge on any atom is -0.478 e. The summed E-state index contributed by atoms with van der Waals surface area (Å²) in [4.78, 5) is 35.2. The fourth-order valence-corrected chi connectivity index (χ4v) is 2.56.